The standard InChI is InChI=1S/C12H8O3S/c13-16(14,15)11-7-9-5-1-3-8-4-2-6-10(11)12(8)9/h1-7H,(H,13,14,15). The summed E-state index contributed by atoms with van der Waals surface area (Å²) in [6.07, 6.45) is 1.51. The molecule has 0 saturated heterocycles. The lowest BCUT2D eigenvalue weighted by Gasteiger charge is -2.02. The van der Waals surface area contributed by atoms with E-state index in [9.17, 15) is 8.42 Å². The highest BCUT2D eigenvalue weighted by Crippen LogP contribution is 2.38. The molecule has 0 bridgehead atoms. The Morgan fingerprint density at radius 3 is 2.38 bits per heavy atom. The molecule has 0 radical (unpaired) electrons. The second-order valence-electron chi connectivity index (χ2n) is 3.73. The van der Waals surface area contributed by atoms with Gasteiger partial charge in [-0.1, -0.05) is 36.4 Å². The quantitative estimate of drug-likeness (QED) is 0.769. The van der Waals surface area contributed by atoms with Crippen LogP contribution in [0.25, 0.3) is 21.8 Å². The highest BCUT2D eigenvalue weighted by atomic mass is 32.2. The Morgan fingerprint density at radius 2 is 1.69 bits per heavy atom. The van der Waals surface area contributed by atoms with E-state index < -0.39 is 10.1 Å². The van der Waals surface area contributed by atoms with Crippen molar-refractivity contribution in [3.05, 3.63) is 47.5 Å². The van der Waals surface area contributed by atoms with Crippen LogP contribution in [-0.2, 0) is 10.1 Å². The van der Waals surface area contributed by atoms with Gasteiger partial charge in [0.2, 0.25) is 0 Å². The molecular weight excluding hydrogens is 224 g/mol. The lowest BCUT2D eigenvalue weighted by Crippen LogP contribution is -1.98. The Kier molecular flexibility index (Phi) is 1.75. The molecule has 0 aromatic heterocycles. The highest BCUT2D eigenvalue weighted by molar-refractivity contribution is 7.95. The largest absolute Gasteiger partial charge is 0.295 e. The van der Waals surface area contributed by atoms with Crippen molar-refractivity contribution < 1.29 is 13.0 Å². The fourth-order valence-corrected chi connectivity index (χ4v) is 2.85. The third kappa shape index (κ3) is 1.20. The Bertz CT molecular complexity index is 722. The molecule has 0 unspecified atom stereocenters. The van der Waals surface area contributed by atoms with E-state index >= 15 is 0 Å². The van der Waals surface area contributed by atoms with Crippen LogP contribution >= 0.6 is 0 Å². The number of hydrogen-bond donors (Lipinski definition) is 1. The van der Waals surface area contributed by atoms with Gasteiger partial charge in [-0.2, -0.15) is 8.42 Å². The van der Waals surface area contributed by atoms with E-state index in [1.165, 1.54) is 6.08 Å². The second-order valence-corrected chi connectivity index (χ2v) is 5.12. The van der Waals surface area contributed by atoms with Crippen molar-refractivity contribution in [1.29, 1.82) is 0 Å². The number of benzene rings is 2. The summed E-state index contributed by atoms with van der Waals surface area (Å²) in [7, 11) is -4.16. The van der Waals surface area contributed by atoms with Crippen LogP contribution < -0.4 is 0 Å². The van der Waals surface area contributed by atoms with E-state index in [1.54, 1.807) is 12.1 Å². The summed E-state index contributed by atoms with van der Waals surface area (Å²) in [4.78, 5) is -0.0145. The zero-order valence-electron chi connectivity index (χ0n) is 8.21. The van der Waals surface area contributed by atoms with Gasteiger partial charge in [0.1, 0.15) is 4.91 Å². The van der Waals surface area contributed by atoms with E-state index in [0.29, 0.717) is 5.56 Å². The number of rotatable bonds is 1. The highest BCUT2D eigenvalue weighted by Gasteiger charge is 2.24. The molecule has 0 spiro atoms. The maximum absolute atomic E-state index is 11.2. The van der Waals surface area contributed by atoms with Crippen molar-refractivity contribution in [2.45, 2.75) is 0 Å². The minimum atomic E-state index is -4.16. The molecule has 1 N–H and O–H groups in total. The van der Waals surface area contributed by atoms with E-state index in [4.69, 9.17) is 4.55 Å². The summed E-state index contributed by atoms with van der Waals surface area (Å²) < 4.78 is 31.6. The third-order valence-electron chi connectivity index (χ3n) is 2.77. The second kappa shape index (κ2) is 2.93. The lowest BCUT2D eigenvalue weighted by molar-refractivity contribution is 0.496. The van der Waals surface area contributed by atoms with Gasteiger partial charge in [-0.3, -0.25) is 4.55 Å². The van der Waals surface area contributed by atoms with Crippen molar-refractivity contribution in [1.82, 2.24) is 0 Å². The summed E-state index contributed by atoms with van der Waals surface area (Å²) >= 11 is 0. The molecule has 16 heavy (non-hydrogen) atoms. The van der Waals surface area contributed by atoms with E-state index in [0.717, 1.165) is 16.3 Å². The van der Waals surface area contributed by atoms with Crippen molar-refractivity contribution in [2.24, 2.45) is 0 Å². The summed E-state index contributed by atoms with van der Waals surface area (Å²) in [6, 6.07) is 11.0. The molecule has 0 heterocycles. The van der Waals surface area contributed by atoms with Gasteiger partial charge in [0.15, 0.2) is 0 Å². The predicted molar refractivity (Wildman–Crippen MR) is 63.4 cm³/mol. The summed E-state index contributed by atoms with van der Waals surface area (Å²) in [5.41, 5.74) is 1.41. The van der Waals surface area contributed by atoms with Gasteiger partial charge in [0, 0.05) is 5.56 Å². The van der Waals surface area contributed by atoms with Crippen LogP contribution in [0.5, 0.6) is 0 Å². The molecule has 2 aromatic rings. The van der Waals surface area contributed by atoms with Crippen molar-refractivity contribution >= 4 is 31.9 Å². The average molecular weight is 232 g/mol. The van der Waals surface area contributed by atoms with Gasteiger partial charge < -0.3 is 0 Å². The number of hydrogen-bond acceptors (Lipinski definition) is 2. The van der Waals surface area contributed by atoms with E-state index in [-0.39, 0.29) is 4.91 Å². The summed E-state index contributed by atoms with van der Waals surface area (Å²) in [6.45, 7) is 0. The van der Waals surface area contributed by atoms with Crippen LogP contribution in [0.4, 0.5) is 0 Å². The fourth-order valence-electron chi connectivity index (χ4n) is 2.13. The topological polar surface area (TPSA) is 54.4 Å². The molecule has 3 rings (SSSR count). The Labute approximate surface area is 92.8 Å². The zero-order chi connectivity index (χ0) is 11.3. The normalized spacial score (nSPS) is 14.2. The van der Waals surface area contributed by atoms with Crippen molar-refractivity contribution in [3.8, 4) is 0 Å². The molecule has 80 valence electrons. The third-order valence-corrected chi connectivity index (χ3v) is 3.66. The molecular formula is C12H8O3S. The molecule has 0 amide bonds. The Hall–Kier alpha value is -1.65. The molecule has 0 atom stereocenters. The smallest absolute Gasteiger partial charge is 0.282 e. The monoisotopic (exact) mass is 232 g/mol. The first-order valence-electron chi connectivity index (χ1n) is 4.79. The van der Waals surface area contributed by atoms with Crippen molar-refractivity contribution in [3.63, 3.8) is 0 Å². The fraction of sp³-hybridized carbons (Fsp3) is 0. The first-order valence-corrected chi connectivity index (χ1v) is 6.23. The van der Waals surface area contributed by atoms with Crippen LogP contribution in [0.15, 0.2) is 36.4 Å². The van der Waals surface area contributed by atoms with Crippen LogP contribution in [0.3, 0.4) is 0 Å². The molecule has 2 aromatic carbocycles. The SMILES string of the molecule is O=S(=O)(O)C1=Cc2cccc3cccc1c23. The maximum atomic E-state index is 11.2. The summed E-state index contributed by atoms with van der Waals surface area (Å²) in [5, 5.41) is 1.86. The Balaban J connectivity index is 2.47. The van der Waals surface area contributed by atoms with Gasteiger partial charge in [-0.05, 0) is 22.4 Å². The minimum absolute atomic E-state index is 0.0145. The van der Waals surface area contributed by atoms with Crippen LogP contribution in [0.1, 0.15) is 11.1 Å². The Morgan fingerprint density at radius 1 is 1.00 bits per heavy atom. The first kappa shape index (κ1) is 9.57. The van der Waals surface area contributed by atoms with Gasteiger partial charge >= 0.3 is 0 Å². The zero-order valence-corrected chi connectivity index (χ0v) is 9.03. The van der Waals surface area contributed by atoms with Crippen molar-refractivity contribution in [2.75, 3.05) is 0 Å². The van der Waals surface area contributed by atoms with Crippen LogP contribution in [0, 0.1) is 0 Å². The van der Waals surface area contributed by atoms with Crippen LogP contribution in [-0.4, -0.2) is 13.0 Å². The van der Waals surface area contributed by atoms with Gasteiger partial charge in [0.05, 0.1) is 0 Å². The first-order chi connectivity index (χ1) is 7.57. The molecule has 0 saturated carbocycles. The molecule has 3 nitrogen and oxygen atoms in total. The molecule has 1 aliphatic carbocycles. The lowest BCUT2D eigenvalue weighted by atomic mass is 10.0. The van der Waals surface area contributed by atoms with Gasteiger partial charge in [-0.25, -0.2) is 0 Å². The van der Waals surface area contributed by atoms with Gasteiger partial charge in [0.25, 0.3) is 10.1 Å². The predicted octanol–water partition coefficient (Wildman–Crippen LogP) is 2.54. The van der Waals surface area contributed by atoms with E-state index in [1.807, 2.05) is 24.3 Å². The molecule has 4 heteroatoms. The van der Waals surface area contributed by atoms with Crippen LogP contribution in [0.2, 0.25) is 0 Å². The van der Waals surface area contributed by atoms with Gasteiger partial charge in [-0.15, -0.1) is 0 Å². The minimum Gasteiger partial charge on any atom is -0.282 e. The summed E-state index contributed by atoms with van der Waals surface area (Å²) in [5.74, 6) is 0. The molecule has 1 aliphatic rings. The average Bonchev–Trinajstić information content (AvgIpc) is 2.60. The molecule has 0 aliphatic heterocycles. The maximum Gasteiger partial charge on any atom is 0.295 e. The van der Waals surface area contributed by atoms with E-state index in [2.05, 4.69) is 0 Å². The molecule has 0 fully saturated rings.